The normalized spacial score (nSPS) is 20.8. The fourth-order valence-corrected chi connectivity index (χ4v) is 1.12. The van der Waals surface area contributed by atoms with Crippen LogP contribution in [0.15, 0.2) is 12.2 Å². The van der Waals surface area contributed by atoms with Crippen molar-refractivity contribution in [1.29, 1.82) is 0 Å². The minimum absolute atomic E-state index is 0. The third-order valence-electron chi connectivity index (χ3n) is 2.08. The molecule has 6 heteroatoms. The molecule has 2 saturated heterocycles. The van der Waals surface area contributed by atoms with E-state index < -0.39 is 0 Å². The summed E-state index contributed by atoms with van der Waals surface area (Å²) in [5.74, 6) is 0.588. The summed E-state index contributed by atoms with van der Waals surface area (Å²) in [7, 11) is 0. The van der Waals surface area contributed by atoms with Gasteiger partial charge in [-0.25, -0.2) is 4.79 Å². The molecule has 0 aliphatic carbocycles. The minimum atomic E-state index is -0.236. The van der Waals surface area contributed by atoms with Gasteiger partial charge in [0.15, 0.2) is 0 Å². The largest absolute Gasteiger partial charge is 0.462 e. The number of cyclic esters (lactones) is 1. The zero-order valence-electron chi connectivity index (χ0n) is 9.21. The number of rotatable bonds is 0. The number of carbonyl (C=O) groups excluding carboxylic acids is 1. The highest BCUT2D eigenvalue weighted by Crippen LogP contribution is 2.09. The molecule has 3 nitrogen and oxygen atoms in total. The van der Waals surface area contributed by atoms with Gasteiger partial charge in [0.1, 0.15) is 0 Å². The van der Waals surface area contributed by atoms with E-state index in [1.807, 2.05) is 0 Å². The molecule has 2 fully saturated rings. The van der Waals surface area contributed by atoms with Gasteiger partial charge in [-0.1, -0.05) is 20.9 Å². The highest BCUT2D eigenvalue weighted by atomic mass is 128. The van der Waals surface area contributed by atoms with Crippen LogP contribution >= 0.6 is 61.2 Å². The standard InChI is InChI=1S/C5H6O2.C5H10O.CH4.I2.HI.H2/c1-4-2-3-7-5(4)6;1-5-2-3-6-4-5;;1-2;;/h1-3H2;5H,2-4H2,1H3;1H4;;2*1H. The van der Waals surface area contributed by atoms with Crippen LogP contribution < -0.4 is 0 Å². The fraction of sp³-hybridized carbons (Fsp3) is 0.727. The van der Waals surface area contributed by atoms with Crippen LogP contribution in [-0.4, -0.2) is 25.8 Å². The highest BCUT2D eigenvalue weighted by Gasteiger charge is 2.14. The van der Waals surface area contributed by atoms with E-state index in [-0.39, 0.29) is 38.8 Å². The molecule has 106 valence electrons. The number of halogens is 3. The van der Waals surface area contributed by atoms with Gasteiger partial charge in [0.05, 0.1) is 6.61 Å². The molecule has 0 aromatic carbocycles. The Morgan fingerprint density at radius 1 is 1.41 bits per heavy atom. The second-order valence-corrected chi connectivity index (χ2v) is 3.46. The quantitative estimate of drug-likeness (QED) is 0.233. The Kier molecular flexibility index (Phi) is 21.3. The lowest BCUT2D eigenvalue weighted by Crippen LogP contribution is -1.91. The maximum Gasteiger partial charge on any atom is 0.333 e. The molecule has 0 saturated carbocycles. The monoisotopic (exact) mass is 584 g/mol. The van der Waals surface area contributed by atoms with Gasteiger partial charge in [-0.05, 0) is 12.3 Å². The average molecular weight is 584 g/mol. The Morgan fingerprint density at radius 2 is 2.00 bits per heavy atom. The lowest BCUT2D eigenvalue weighted by molar-refractivity contribution is -0.135. The first kappa shape index (κ1) is 23.5. The molecule has 0 radical (unpaired) electrons. The Hall–Kier alpha value is 1.36. The number of carbonyl (C=O) groups is 1. The number of hydrogen-bond acceptors (Lipinski definition) is 3. The molecule has 0 amide bonds. The molecule has 17 heavy (non-hydrogen) atoms. The first-order valence-electron chi connectivity index (χ1n) is 4.77. The van der Waals surface area contributed by atoms with Crippen molar-refractivity contribution in [3.63, 3.8) is 0 Å². The molecular weight excluding hydrogens is 561 g/mol. The highest BCUT2D eigenvalue weighted by molar-refractivity contribution is 15.0. The van der Waals surface area contributed by atoms with E-state index in [1.165, 1.54) is 6.42 Å². The van der Waals surface area contributed by atoms with Crippen LogP contribution in [0.25, 0.3) is 0 Å². The molecule has 0 bridgehead atoms. The van der Waals surface area contributed by atoms with Crippen LogP contribution in [0.1, 0.15) is 28.6 Å². The predicted molar refractivity (Wildman–Crippen MR) is 102 cm³/mol. The summed E-state index contributed by atoms with van der Waals surface area (Å²) < 4.78 is 9.58. The zero-order valence-corrected chi connectivity index (χ0v) is 15.9. The molecule has 0 N–H and O–H groups in total. The minimum Gasteiger partial charge on any atom is -0.462 e. The maximum absolute atomic E-state index is 10.3. The van der Waals surface area contributed by atoms with Crippen LogP contribution in [0.4, 0.5) is 0 Å². The first-order valence-corrected chi connectivity index (χ1v) is 11.1. The van der Waals surface area contributed by atoms with E-state index in [0.29, 0.717) is 18.6 Å². The second-order valence-electron chi connectivity index (χ2n) is 3.46. The van der Waals surface area contributed by atoms with Crippen LogP contribution in [0.3, 0.4) is 0 Å². The van der Waals surface area contributed by atoms with E-state index in [1.54, 1.807) is 0 Å². The molecule has 1 atom stereocenters. The van der Waals surface area contributed by atoms with Gasteiger partial charge in [0.25, 0.3) is 0 Å². The molecule has 2 aliphatic heterocycles. The molecule has 2 heterocycles. The number of ether oxygens (including phenoxy) is 2. The Morgan fingerprint density at radius 3 is 2.12 bits per heavy atom. The van der Waals surface area contributed by atoms with Crippen molar-refractivity contribution >= 4 is 67.2 Å². The van der Waals surface area contributed by atoms with Crippen molar-refractivity contribution in [3.8, 4) is 0 Å². The van der Waals surface area contributed by atoms with Gasteiger partial charge >= 0.3 is 5.97 Å². The fourth-order valence-electron chi connectivity index (χ4n) is 1.12. The third-order valence-corrected chi connectivity index (χ3v) is 2.08. The van der Waals surface area contributed by atoms with E-state index in [9.17, 15) is 4.79 Å². The van der Waals surface area contributed by atoms with Gasteiger partial charge < -0.3 is 9.47 Å². The van der Waals surface area contributed by atoms with E-state index in [0.717, 1.165) is 19.1 Å². The van der Waals surface area contributed by atoms with Crippen molar-refractivity contribution in [2.75, 3.05) is 19.8 Å². The lowest BCUT2D eigenvalue weighted by Gasteiger charge is -1.89. The molecule has 0 aromatic heterocycles. The molecule has 2 rings (SSSR count). The Balaban J connectivity index is -0.0000000839. The molecular formula is C11H23I3O3. The molecule has 0 spiro atoms. The Labute approximate surface area is 146 Å². The zero-order chi connectivity index (χ0) is 11.7. The summed E-state index contributed by atoms with van der Waals surface area (Å²) >= 11 is 4.24. The van der Waals surface area contributed by atoms with Gasteiger partial charge in [0, 0.05) is 63.9 Å². The molecule has 0 aromatic rings. The van der Waals surface area contributed by atoms with Gasteiger partial charge in [-0.3, -0.25) is 0 Å². The van der Waals surface area contributed by atoms with E-state index in [2.05, 4.69) is 55.5 Å². The number of esters is 1. The molecule has 1 unspecified atom stereocenters. The maximum atomic E-state index is 10.3. The van der Waals surface area contributed by atoms with E-state index in [4.69, 9.17) is 4.74 Å². The summed E-state index contributed by atoms with van der Waals surface area (Å²) in [4.78, 5) is 10.3. The van der Waals surface area contributed by atoms with Crippen LogP contribution in [0, 0.1) is 5.92 Å². The first-order chi connectivity index (χ1) is 7.20. The SMILES string of the molecule is C.C=C1CCOC1=O.CC1CCOC1.I.II.[HH]. The van der Waals surface area contributed by atoms with Gasteiger partial charge in [-0.2, -0.15) is 0 Å². The number of hydrogen-bond donors (Lipinski definition) is 0. The Bertz CT molecular complexity index is 196. The second kappa shape index (κ2) is 15.4. The lowest BCUT2D eigenvalue weighted by atomic mass is 10.2. The average Bonchev–Trinajstić information content (AvgIpc) is 2.84. The van der Waals surface area contributed by atoms with Crippen molar-refractivity contribution in [1.82, 2.24) is 0 Å². The van der Waals surface area contributed by atoms with Crippen LogP contribution in [0.5, 0.6) is 0 Å². The summed E-state index contributed by atoms with van der Waals surface area (Å²) in [5.41, 5.74) is 0.597. The smallest absolute Gasteiger partial charge is 0.333 e. The van der Waals surface area contributed by atoms with Crippen molar-refractivity contribution in [3.05, 3.63) is 12.2 Å². The van der Waals surface area contributed by atoms with Crippen LogP contribution in [-0.2, 0) is 14.3 Å². The van der Waals surface area contributed by atoms with Crippen molar-refractivity contribution in [2.24, 2.45) is 5.92 Å². The van der Waals surface area contributed by atoms with Crippen molar-refractivity contribution < 1.29 is 15.7 Å². The topological polar surface area (TPSA) is 35.5 Å². The molecule has 2 aliphatic rings. The van der Waals surface area contributed by atoms with Gasteiger partial charge in [-0.15, -0.1) is 24.0 Å². The van der Waals surface area contributed by atoms with Crippen molar-refractivity contribution in [2.45, 2.75) is 27.2 Å². The van der Waals surface area contributed by atoms with Gasteiger partial charge in [0.2, 0.25) is 0 Å². The summed E-state index contributed by atoms with van der Waals surface area (Å²) in [6, 6.07) is 0. The predicted octanol–water partition coefficient (Wildman–Crippen LogP) is 4.80. The van der Waals surface area contributed by atoms with Crippen LogP contribution in [0.2, 0.25) is 0 Å². The third kappa shape index (κ3) is 12.2. The summed E-state index contributed by atoms with van der Waals surface area (Å²) in [6.07, 6.45) is 1.97. The van der Waals surface area contributed by atoms with E-state index >= 15 is 0 Å². The summed E-state index contributed by atoms with van der Waals surface area (Å²) in [5, 5.41) is 0. The summed E-state index contributed by atoms with van der Waals surface area (Å²) in [6.45, 7) is 8.17.